The van der Waals surface area contributed by atoms with E-state index in [9.17, 15) is 14.3 Å². The van der Waals surface area contributed by atoms with Gasteiger partial charge in [-0.05, 0) is 30.5 Å². The highest BCUT2D eigenvalue weighted by Crippen LogP contribution is 2.48. The Balaban J connectivity index is 1.95. The number of carbonyl (C=O) groups is 1. The summed E-state index contributed by atoms with van der Waals surface area (Å²) in [5.41, 5.74) is 0.867. The van der Waals surface area contributed by atoms with Crippen LogP contribution in [0.25, 0.3) is 0 Å². The first-order valence-corrected chi connectivity index (χ1v) is 5.80. The van der Waals surface area contributed by atoms with Gasteiger partial charge in [-0.1, -0.05) is 12.1 Å². The average molecular weight is 236 g/mol. The third kappa shape index (κ3) is 1.63. The van der Waals surface area contributed by atoms with Gasteiger partial charge < -0.3 is 9.84 Å². The molecule has 0 saturated carbocycles. The molecule has 2 fully saturated rings. The minimum absolute atomic E-state index is 0.0217. The number of halogens is 1. The largest absolute Gasteiger partial charge is 0.481 e. The van der Waals surface area contributed by atoms with Crippen LogP contribution in [-0.4, -0.2) is 23.3 Å². The summed E-state index contributed by atoms with van der Waals surface area (Å²) in [7, 11) is 0. The normalized spacial score (nSPS) is 35.1. The van der Waals surface area contributed by atoms with Gasteiger partial charge in [0.2, 0.25) is 0 Å². The van der Waals surface area contributed by atoms with Crippen molar-refractivity contribution in [3.63, 3.8) is 0 Å². The molecule has 0 amide bonds. The Morgan fingerprint density at radius 1 is 1.24 bits per heavy atom. The molecule has 3 nitrogen and oxygen atoms in total. The van der Waals surface area contributed by atoms with Crippen LogP contribution in [0.15, 0.2) is 24.3 Å². The quantitative estimate of drug-likeness (QED) is 0.856. The smallest absolute Gasteiger partial charge is 0.309 e. The van der Waals surface area contributed by atoms with Gasteiger partial charge in [-0.15, -0.1) is 0 Å². The predicted octanol–water partition coefficient (Wildman–Crippen LogP) is 2.17. The highest BCUT2D eigenvalue weighted by molar-refractivity contribution is 5.73. The summed E-state index contributed by atoms with van der Waals surface area (Å²) in [6.07, 6.45) is 1.52. The van der Waals surface area contributed by atoms with Crippen LogP contribution in [-0.2, 0) is 9.53 Å². The summed E-state index contributed by atoms with van der Waals surface area (Å²) in [5.74, 6) is -1.73. The van der Waals surface area contributed by atoms with E-state index in [4.69, 9.17) is 4.74 Å². The summed E-state index contributed by atoms with van der Waals surface area (Å²) in [5, 5.41) is 9.27. The summed E-state index contributed by atoms with van der Waals surface area (Å²) in [4.78, 5) is 11.3. The fraction of sp³-hybridized carbons (Fsp3) is 0.462. The van der Waals surface area contributed by atoms with Gasteiger partial charge in [-0.2, -0.15) is 0 Å². The van der Waals surface area contributed by atoms with Crippen molar-refractivity contribution in [2.45, 2.75) is 31.0 Å². The third-order valence-electron chi connectivity index (χ3n) is 3.81. The van der Waals surface area contributed by atoms with Crippen LogP contribution < -0.4 is 0 Å². The van der Waals surface area contributed by atoms with E-state index in [0.29, 0.717) is 0 Å². The second-order valence-electron chi connectivity index (χ2n) is 4.73. The van der Waals surface area contributed by atoms with Crippen molar-refractivity contribution in [3.05, 3.63) is 35.6 Å². The summed E-state index contributed by atoms with van der Waals surface area (Å²) >= 11 is 0. The third-order valence-corrected chi connectivity index (χ3v) is 3.81. The maximum atomic E-state index is 12.9. The highest BCUT2D eigenvalue weighted by Gasteiger charge is 2.52. The number of carboxylic acids is 1. The van der Waals surface area contributed by atoms with E-state index >= 15 is 0 Å². The molecule has 1 N–H and O–H groups in total. The molecule has 1 aromatic carbocycles. The van der Waals surface area contributed by atoms with Crippen molar-refractivity contribution in [2.75, 3.05) is 0 Å². The lowest BCUT2D eigenvalue weighted by atomic mass is 9.75. The van der Waals surface area contributed by atoms with Crippen LogP contribution in [0.1, 0.15) is 24.3 Å². The Morgan fingerprint density at radius 2 is 1.88 bits per heavy atom. The number of fused-ring (bicyclic) bond motifs is 2. The molecule has 0 aliphatic carbocycles. The number of carboxylic acid groups (broad SMARTS) is 1. The van der Waals surface area contributed by atoms with Crippen molar-refractivity contribution in [1.82, 2.24) is 0 Å². The number of aliphatic carboxylic acids is 1. The van der Waals surface area contributed by atoms with Crippen LogP contribution in [0.5, 0.6) is 0 Å². The van der Waals surface area contributed by atoms with Crippen LogP contribution in [0, 0.1) is 11.7 Å². The molecule has 2 aliphatic heterocycles. The maximum absolute atomic E-state index is 12.9. The lowest BCUT2D eigenvalue weighted by molar-refractivity contribution is -0.143. The molecule has 1 aromatic rings. The van der Waals surface area contributed by atoms with E-state index in [0.717, 1.165) is 18.4 Å². The van der Waals surface area contributed by atoms with Crippen LogP contribution in [0.4, 0.5) is 4.39 Å². The van der Waals surface area contributed by atoms with Crippen molar-refractivity contribution in [1.29, 1.82) is 0 Å². The minimum atomic E-state index is -0.813. The molecule has 0 radical (unpaired) electrons. The Kier molecular flexibility index (Phi) is 2.40. The van der Waals surface area contributed by atoms with E-state index < -0.39 is 11.9 Å². The molecular formula is C13H13FO3. The number of benzene rings is 1. The van der Waals surface area contributed by atoms with Crippen LogP contribution >= 0.6 is 0 Å². The highest BCUT2D eigenvalue weighted by atomic mass is 19.1. The lowest BCUT2D eigenvalue weighted by Crippen LogP contribution is -2.31. The summed E-state index contributed by atoms with van der Waals surface area (Å²) in [6.45, 7) is 0. The van der Waals surface area contributed by atoms with Crippen LogP contribution in [0.3, 0.4) is 0 Å². The van der Waals surface area contributed by atoms with Crippen LogP contribution in [0.2, 0.25) is 0 Å². The second kappa shape index (κ2) is 3.81. The Bertz CT molecular complexity index is 442. The Labute approximate surface area is 98.2 Å². The zero-order valence-electron chi connectivity index (χ0n) is 9.17. The van der Waals surface area contributed by atoms with Gasteiger partial charge in [0.15, 0.2) is 0 Å². The molecule has 17 heavy (non-hydrogen) atoms. The first-order valence-electron chi connectivity index (χ1n) is 5.80. The van der Waals surface area contributed by atoms with Crippen molar-refractivity contribution in [3.8, 4) is 0 Å². The van der Waals surface area contributed by atoms with Crippen molar-refractivity contribution < 1.29 is 19.0 Å². The van der Waals surface area contributed by atoms with Gasteiger partial charge in [-0.3, -0.25) is 4.79 Å². The molecule has 2 bridgehead atoms. The number of hydrogen-bond acceptors (Lipinski definition) is 2. The molecule has 2 aliphatic rings. The zero-order chi connectivity index (χ0) is 12.0. The van der Waals surface area contributed by atoms with Gasteiger partial charge in [0.05, 0.1) is 18.1 Å². The summed E-state index contributed by atoms with van der Waals surface area (Å²) < 4.78 is 18.5. The standard InChI is InChI=1S/C13H13FO3/c14-8-3-1-7(2-4-8)11-9-5-6-10(17-9)12(11)13(15)16/h1-4,9-12H,5-6H2,(H,15,16). The molecule has 4 atom stereocenters. The van der Waals surface area contributed by atoms with Gasteiger partial charge in [0.25, 0.3) is 0 Å². The van der Waals surface area contributed by atoms with Crippen molar-refractivity contribution >= 4 is 5.97 Å². The molecule has 4 unspecified atom stereocenters. The fourth-order valence-electron chi connectivity index (χ4n) is 3.10. The van der Waals surface area contributed by atoms with Crippen molar-refractivity contribution in [2.24, 2.45) is 5.92 Å². The SMILES string of the molecule is O=C(O)C1C2CCC(O2)C1c1ccc(F)cc1. The molecule has 2 heterocycles. The molecule has 0 spiro atoms. The lowest BCUT2D eigenvalue weighted by Gasteiger charge is -2.25. The Morgan fingerprint density at radius 3 is 2.53 bits per heavy atom. The summed E-state index contributed by atoms with van der Waals surface area (Å²) in [6, 6.07) is 6.08. The van der Waals surface area contributed by atoms with E-state index in [1.807, 2.05) is 0 Å². The topological polar surface area (TPSA) is 46.5 Å². The number of ether oxygens (including phenoxy) is 1. The zero-order valence-corrected chi connectivity index (χ0v) is 9.17. The Hall–Kier alpha value is -1.42. The van der Waals surface area contributed by atoms with E-state index in [1.54, 1.807) is 12.1 Å². The predicted molar refractivity (Wildman–Crippen MR) is 58.2 cm³/mol. The number of rotatable bonds is 2. The first-order chi connectivity index (χ1) is 8.16. The van der Waals surface area contributed by atoms with Gasteiger partial charge >= 0.3 is 5.97 Å². The van der Waals surface area contributed by atoms with E-state index in [-0.39, 0.29) is 23.9 Å². The average Bonchev–Trinajstić information content (AvgIpc) is 2.89. The number of hydrogen-bond donors (Lipinski definition) is 1. The molecule has 4 heteroatoms. The first kappa shape index (κ1) is 10.7. The molecule has 0 aromatic heterocycles. The molecule has 2 saturated heterocycles. The molecule has 3 rings (SSSR count). The fourth-order valence-corrected chi connectivity index (χ4v) is 3.10. The van der Waals surface area contributed by atoms with E-state index in [1.165, 1.54) is 12.1 Å². The second-order valence-corrected chi connectivity index (χ2v) is 4.73. The molecular weight excluding hydrogens is 223 g/mol. The minimum Gasteiger partial charge on any atom is -0.481 e. The van der Waals surface area contributed by atoms with E-state index in [2.05, 4.69) is 0 Å². The molecule has 90 valence electrons. The monoisotopic (exact) mass is 236 g/mol. The van der Waals surface area contributed by atoms with Gasteiger partial charge in [0, 0.05) is 5.92 Å². The maximum Gasteiger partial charge on any atom is 0.309 e. The van der Waals surface area contributed by atoms with Gasteiger partial charge in [-0.25, -0.2) is 4.39 Å². The van der Waals surface area contributed by atoms with Gasteiger partial charge in [0.1, 0.15) is 5.82 Å².